The van der Waals surface area contributed by atoms with Crippen molar-refractivity contribution in [2.75, 3.05) is 13.1 Å². The van der Waals surface area contributed by atoms with Crippen LogP contribution in [0.1, 0.15) is 37.0 Å². The first-order valence-electron chi connectivity index (χ1n) is 6.63. The van der Waals surface area contributed by atoms with Gasteiger partial charge in [0.25, 0.3) is 0 Å². The number of carbonyl (C=O) groups is 1. The van der Waals surface area contributed by atoms with Gasteiger partial charge >= 0.3 is 0 Å². The van der Waals surface area contributed by atoms with Crippen molar-refractivity contribution in [1.29, 1.82) is 0 Å². The molecule has 0 radical (unpaired) electrons. The van der Waals surface area contributed by atoms with Crippen LogP contribution in [-0.2, 0) is 24.1 Å². The molecule has 2 heteroatoms. The van der Waals surface area contributed by atoms with Gasteiger partial charge in [-0.25, -0.2) is 0 Å². The Balaban J connectivity index is 2.06. The highest BCUT2D eigenvalue weighted by molar-refractivity contribution is 5.78. The fourth-order valence-electron chi connectivity index (χ4n) is 2.60. The van der Waals surface area contributed by atoms with Crippen LogP contribution in [0.4, 0.5) is 0 Å². The SMILES string of the molecule is CCN(CC)C(=O)Cc1ccc2c(c1)CCC2. The summed E-state index contributed by atoms with van der Waals surface area (Å²) in [4.78, 5) is 13.9. The van der Waals surface area contributed by atoms with E-state index in [1.54, 1.807) is 0 Å². The molecule has 1 aromatic rings. The van der Waals surface area contributed by atoms with Gasteiger partial charge in [0.1, 0.15) is 0 Å². The number of carbonyl (C=O) groups excluding carboxylic acids is 1. The van der Waals surface area contributed by atoms with E-state index in [9.17, 15) is 4.79 Å². The number of hydrogen-bond donors (Lipinski definition) is 0. The van der Waals surface area contributed by atoms with Crippen molar-refractivity contribution in [2.45, 2.75) is 39.5 Å². The van der Waals surface area contributed by atoms with Gasteiger partial charge in [-0.1, -0.05) is 18.2 Å². The summed E-state index contributed by atoms with van der Waals surface area (Å²) in [6, 6.07) is 6.54. The Labute approximate surface area is 104 Å². The van der Waals surface area contributed by atoms with Crippen LogP contribution in [0.2, 0.25) is 0 Å². The molecule has 17 heavy (non-hydrogen) atoms. The maximum Gasteiger partial charge on any atom is 0.226 e. The molecule has 0 saturated carbocycles. The van der Waals surface area contributed by atoms with Gasteiger partial charge in [-0.3, -0.25) is 4.79 Å². The van der Waals surface area contributed by atoms with E-state index in [1.807, 2.05) is 18.7 Å². The molecule has 0 fully saturated rings. The third-order valence-corrected chi connectivity index (χ3v) is 3.63. The van der Waals surface area contributed by atoms with Gasteiger partial charge in [0, 0.05) is 13.1 Å². The zero-order chi connectivity index (χ0) is 12.3. The molecule has 0 spiro atoms. The molecule has 2 rings (SSSR count). The first-order chi connectivity index (χ1) is 8.24. The predicted octanol–water partition coefficient (Wildman–Crippen LogP) is 2.59. The molecule has 0 heterocycles. The maximum absolute atomic E-state index is 12.0. The van der Waals surface area contributed by atoms with Gasteiger partial charge in [0.2, 0.25) is 5.91 Å². The molecule has 0 aromatic heterocycles. The molecule has 1 aromatic carbocycles. The van der Waals surface area contributed by atoms with Gasteiger partial charge in [0.15, 0.2) is 0 Å². The molecule has 0 bridgehead atoms. The van der Waals surface area contributed by atoms with E-state index in [2.05, 4.69) is 18.2 Å². The minimum absolute atomic E-state index is 0.243. The lowest BCUT2D eigenvalue weighted by Crippen LogP contribution is -2.31. The van der Waals surface area contributed by atoms with Gasteiger partial charge in [-0.05, 0) is 49.8 Å². The predicted molar refractivity (Wildman–Crippen MR) is 70.1 cm³/mol. The van der Waals surface area contributed by atoms with Crippen LogP contribution in [-0.4, -0.2) is 23.9 Å². The molecule has 92 valence electrons. The van der Waals surface area contributed by atoms with E-state index in [1.165, 1.54) is 36.0 Å². The lowest BCUT2D eigenvalue weighted by molar-refractivity contribution is -0.130. The van der Waals surface area contributed by atoms with Gasteiger partial charge in [0.05, 0.1) is 6.42 Å². The first-order valence-corrected chi connectivity index (χ1v) is 6.63. The first kappa shape index (κ1) is 12.2. The number of hydrogen-bond acceptors (Lipinski definition) is 1. The van der Waals surface area contributed by atoms with Gasteiger partial charge in [-0.2, -0.15) is 0 Å². The average Bonchev–Trinajstić information content (AvgIpc) is 2.77. The Bertz CT molecular complexity index is 407. The van der Waals surface area contributed by atoms with Crippen molar-refractivity contribution in [3.63, 3.8) is 0 Å². The third-order valence-electron chi connectivity index (χ3n) is 3.63. The highest BCUT2D eigenvalue weighted by Gasteiger charge is 2.14. The number of likely N-dealkylation sites (N-methyl/N-ethyl adjacent to an activating group) is 1. The molecule has 0 aliphatic heterocycles. The van der Waals surface area contributed by atoms with Crippen molar-refractivity contribution in [3.8, 4) is 0 Å². The Morgan fingerprint density at radius 2 is 1.88 bits per heavy atom. The number of fused-ring (bicyclic) bond motifs is 1. The highest BCUT2D eigenvalue weighted by Crippen LogP contribution is 2.23. The molecule has 0 atom stereocenters. The Hall–Kier alpha value is -1.31. The summed E-state index contributed by atoms with van der Waals surface area (Å²) in [7, 11) is 0. The fraction of sp³-hybridized carbons (Fsp3) is 0.533. The second-order valence-electron chi connectivity index (χ2n) is 4.70. The zero-order valence-corrected chi connectivity index (χ0v) is 10.8. The largest absolute Gasteiger partial charge is 0.343 e. The number of benzene rings is 1. The summed E-state index contributed by atoms with van der Waals surface area (Å²) in [6.45, 7) is 5.68. The number of aryl methyl sites for hydroxylation is 2. The maximum atomic E-state index is 12.0. The molecule has 0 saturated heterocycles. The molecule has 1 aliphatic rings. The second-order valence-corrected chi connectivity index (χ2v) is 4.70. The normalized spacial score (nSPS) is 13.5. The highest BCUT2D eigenvalue weighted by atomic mass is 16.2. The lowest BCUT2D eigenvalue weighted by atomic mass is 10.0. The molecule has 0 unspecified atom stereocenters. The van der Waals surface area contributed by atoms with Crippen LogP contribution < -0.4 is 0 Å². The topological polar surface area (TPSA) is 20.3 Å². The monoisotopic (exact) mass is 231 g/mol. The van der Waals surface area contributed by atoms with Crippen LogP contribution in [0.25, 0.3) is 0 Å². The number of rotatable bonds is 4. The van der Waals surface area contributed by atoms with Crippen molar-refractivity contribution in [2.24, 2.45) is 0 Å². The summed E-state index contributed by atoms with van der Waals surface area (Å²) in [5.41, 5.74) is 4.10. The molecular formula is C15H21NO. The van der Waals surface area contributed by atoms with Crippen molar-refractivity contribution < 1.29 is 4.79 Å². The zero-order valence-electron chi connectivity index (χ0n) is 10.8. The van der Waals surface area contributed by atoms with E-state index >= 15 is 0 Å². The Morgan fingerprint density at radius 1 is 1.18 bits per heavy atom. The summed E-state index contributed by atoms with van der Waals surface area (Å²) in [6.07, 6.45) is 4.21. The van der Waals surface area contributed by atoms with E-state index in [-0.39, 0.29) is 5.91 Å². The number of nitrogens with zero attached hydrogens (tertiary/aromatic N) is 1. The van der Waals surface area contributed by atoms with Crippen LogP contribution >= 0.6 is 0 Å². The van der Waals surface area contributed by atoms with Crippen molar-refractivity contribution in [3.05, 3.63) is 34.9 Å². The van der Waals surface area contributed by atoms with E-state index < -0.39 is 0 Å². The summed E-state index contributed by atoms with van der Waals surface area (Å²) >= 11 is 0. The quantitative estimate of drug-likeness (QED) is 0.780. The molecule has 1 amide bonds. The summed E-state index contributed by atoms with van der Waals surface area (Å²) in [5.74, 6) is 0.243. The van der Waals surface area contributed by atoms with E-state index in [0.717, 1.165) is 13.1 Å². The van der Waals surface area contributed by atoms with Crippen molar-refractivity contribution in [1.82, 2.24) is 4.90 Å². The van der Waals surface area contributed by atoms with E-state index in [0.29, 0.717) is 6.42 Å². The molecule has 1 aliphatic carbocycles. The Morgan fingerprint density at radius 3 is 2.59 bits per heavy atom. The molecule has 2 nitrogen and oxygen atoms in total. The van der Waals surface area contributed by atoms with Crippen LogP contribution in [0, 0.1) is 0 Å². The minimum Gasteiger partial charge on any atom is -0.343 e. The van der Waals surface area contributed by atoms with Crippen LogP contribution in [0.3, 0.4) is 0 Å². The summed E-state index contributed by atoms with van der Waals surface area (Å²) < 4.78 is 0. The lowest BCUT2D eigenvalue weighted by Gasteiger charge is -2.18. The summed E-state index contributed by atoms with van der Waals surface area (Å²) in [5, 5.41) is 0. The Kier molecular flexibility index (Phi) is 3.82. The number of amides is 1. The smallest absolute Gasteiger partial charge is 0.226 e. The fourth-order valence-corrected chi connectivity index (χ4v) is 2.60. The standard InChI is InChI=1S/C15H21NO/c1-3-16(4-2)15(17)11-12-8-9-13-6-5-7-14(13)10-12/h8-10H,3-7,11H2,1-2H3. The van der Waals surface area contributed by atoms with Crippen LogP contribution in [0.15, 0.2) is 18.2 Å². The minimum atomic E-state index is 0.243. The molecule has 0 N–H and O–H groups in total. The van der Waals surface area contributed by atoms with Gasteiger partial charge < -0.3 is 4.90 Å². The third kappa shape index (κ3) is 2.68. The molecular weight excluding hydrogens is 210 g/mol. The van der Waals surface area contributed by atoms with Crippen molar-refractivity contribution >= 4 is 5.91 Å². The average molecular weight is 231 g/mol. The van der Waals surface area contributed by atoms with Crippen LogP contribution in [0.5, 0.6) is 0 Å². The second kappa shape index (κ2) is 5.35. The van der Waals surface area contributed by atoms with E-state index in [4.69, 9.17) is 0 Å². The van der Waals surface area contributed by atoms with Gasteiger partial charge in [-0.15, -0.1) is 0 Å².